The molecule has 0 aromatic carbocycles. The minimum Gasteiger partial charge on any atom is -0.465 e. The molecule has 0 radical (unpaired) electrons. The number of likely N-dealkylation sites (N-methyl/N-ethyl adjacent to an activating group) is 1. The Labute approximate surface area is 143 Å². The highest BCUT2D eigenvalue weighted by Crippen LogP contribution is 2.44. The molecular weight excluding hydrogens is 288 g/mol. The number of nitrogens with zero attached hydrogens (tertiary/aromatic N) is 2. The number of carbonyl (C=O) groups is 1. The van der Waals surface area contributed by atoms with Crippen molar-refractivity contribution >= 4 is 5.97 Å². The Morgan fingerprint density at radius 1 is 1.00 bits per heavy atom. The SMILES string of the molecule is CCC(C)(C)C(C)(C)CCCCOC(=O)CN1CCN(C)CC1. The molecule has 0 bridgehead atoms. The minimum absolute atomic E-state index is 0.0669. The third-order valence-corrected chi connectivity index (χ3v) is 6.12. The molecule has 0 saturated carbocycles. The van der Waals surface area contributed by atoms with Gasteiger partial charge in [0, 0.05) is 26.2 Å². The summed E-state index contributed by atoms with van der Waals surface area (Å²) in [5, 5.41) is 0. The Kier molecular flexibility index (Phi) is 8.02. The van der Waals surface area contributed by atoms with E-state index in [1.54, 1.807) is 0 Å². The van der Waals surface area contributed by atoms with Crippen LogP contribution < -0.4 is 0 Å². The molecule has 0 amide bonds. The number of unbranched alkanes of at least 4 members (excludes halogenated alkanes) is 1. The zero-order valence-corrected chi connectivity index (χ0v) is 16.3. The fraction of sp³-hybridized carbons (Fsp3) is 0.947. The second-order valence-corrected chi connectivity index (χ2v) is 8.38. The largest absolute Gasteiger partial charge is 0.465 e. The van der Waals surface area contributed by atoms with Crippen molar-refractivity contribution in [3.8, 4) is 0 Å². The van der Waals surface area contributed by atoms with E-state index in [0.717, 1.165) is 39.0 Å². The van der Waals surface area contributed by atoms with Crippen LogP contribution >= 0.6 is 0 Å². The van der Waals surface area contributed by atoms with Crippen LogP contribution in [-0.4, -0.2) is 62.1 Å². The van der Waals surface area contributed by atoms with E-state index in [1.807, 2.05) is 0 Å². The smallest absolute Gasteiger partial charge is 0.320 e. The highest BCUT2D eigenvalue weighted by atomic mass is 16.5. The van der Waals surface area contributed by atoms with Gasteiger partial charge in [-0.15, -0.1) is 0 Å². The monoisotopic (exact) mass is 326 g/mol. The molecule has 0 atom stereocenters. The van der Waals surface area contributed by atoms with E-state index in [9.17, 15) is 4.79 Å². The number of esters is 1. The van der Waals surface area contributed by atoms with Crippen molar-refractivity contribution in [3.63, 3.8) is 0 Å². The molecule has 0 N–H and O–H groups in total. The quantitative estimate of drug-likeness (QED) is 0.480. The van der Waals surface area contributed by atoms with Crippen molar-refractivity contribution in [2.24, 2.45) is 10.8 Å². The maximum absolute atomic E-state index is 11.9. The van der Waals surface area contributed by atoms with E-state index in [-0.39, 0.29) is 5.97 Å². The van der Waals surface area contributed by atoms with Gasteiger partial charge in [-0.2, -0.15) is 0 Å². The zero-order valence-electron chi connectivity index (χ0n) is 16.3. The van der Waals surface area contributed by atoms with Gasteiger partial charge >= 0.3 is 5.97 Å². The van der Waals surface area contributed by atoms with Gasteiger partial charge in [0.05, 0.1) is 13.2 Å². The molecule has 1 fully saturated rings. The average molecular weight is 327 g/mol. The molecule has 0 spiro atoms. The third kappa shape index (κ3) is 6.80. The summed E-state index contributed by atoms with van der Waals surface area (Å²) in [7, 11) is 2.12. The summed E-state index contributed by atoms with van der Waals surface area (Å²) >= 11 is 0. The van der Waals surface area contributed by atoms with E-state index in [1.165, 1.54) is 12.8 Å². The first-order chi connectivity index (χ1) is 10.7. The number of hydrogen-bond donors (Lipinski definition) is 0. The fourth-order valence-electron chi connectivity index (χ4n) is 2.91. The van der Waals surface area contributed by atoms with Gasteiger partial charge in [0.2, 0.25) is 0 Å². The first-order valence-corrected chi connectivity index (χ1v) is 9.24. The molecule has 1 saturated heterocycles. The third-order valence-electron chi connectivity index (χ3n) is 6.12. The lowest BCUT2D eigenvalue weighted by atomic mass is 9.64. The van der Waals surface area contributed by atoms with Crippen molar-refractivity contribution in [2.75, 3.05) is 46.4 Å². The first kappa shape index (κ1) is 20.4. The van der Waals surface area contributed by atoms with E-state index >= 15 is 0 Å². The van der Waals surface area contributed by atoms with E-state index in [2.05, 4.69) is 51.5 Å². The maximum Gasteiger partial charge on any atom is 0.320 e. The number of hydrogen-bond acceptors (Lipinski definition) is 4. The fourth-order valence-corrected chi connectivity index (χ4v) is 2.91. The summed E-state index contributed by atoms with van der Waals surface area (Å²) in [6.45, 7) is 16.7. The van der Waals surface area contributed by atoms with E-state index in [0.29, 0.717) is 24.0 Å². The first-order valence-electron chi connectivity index (χ1n) is 9.24. The van der Waals surface area contributed by atoms with Crippen molar-refractivity contribution in [3.05, 3.63) is 0 Å². The zero-order chi connectivity index (χ0) is 17.5. The standard InChI is InChI=1S/C19H38N2O2/c1-7-18(2,3)19(4,5)10-8-9-15-23-17(22)16-21-13-11-20(6)12-14-21/h7-16H2,1-6H3. The van der Waals surface area contributed by atoms with Gasteiger partial charge in [-0.05, 0) is 37.1 Å². The second kappa shape index (κ2) is 9.03. The lowest BCUT2D eigenvalue weighted by Gasteiger charge is -2.41. The Bertz CT molecular complexity index is 358. The van der Waals surface area contributed by atoms with Crippen LogP contribution in [-0.2, 0) is 9.53 Å². The average Bonchev–Trinajstić information content (AvgIpc) is 2.49. The molecule has 1 rings (SSSR count). The van der Waals surface area contributed by atoms with Crippen LogP contribution in [0.2, 0.25) is 0 Å². The highest BCUT2D eigenvalue weighted by Gasteiger charge is 2.34. The normalized spacial score (nSPS) is 18.2. The predicted octanol–water partition coefficient (Wildman–Crippen LogP) is 3.41. The van der Waals surface area contributed by atoms with Crippen LogP contribution in [0.1, 0.15) is 60.3 Å². The van der Waals surface area contributed by atoms with Crippen LogP contribution in [0, 0.1) is 10.8 Å². The Balaban J connectivity index is 2.14. The second-order valence-electron chi connectivity index (χ2n) is 8.38. The van der Waals surface area contributed by atoms with Crippen molar-refractivity contribution < 1.29 is 9.53 Å². The molecule has 0 aliphatic carbocycles. The van der Waals surface area contributed by atoms with Gasteiger partial charge in [-0.3, -0.25) is 9.69 Å². The molecule has 1 heterocycles. The van der Waals surface area contributed by atoms with Crippen LogP contribution in [0.3, 0.4) is 0 Å². The Morgan fingerprint density at radius 2 is 1.61 bits per heavy atom. The summed E-state index contributed by atoms with van der Waals surface area (Å²) in [4.78, 5) is 16.4. The molecule has 4 nitrogen and oxygen atoms in total. The number of ether oxygens (including phenoxy) is 1. The van der Waals surface area contributed by atoms with Crippen LogP contribution in [0.5, 0.6) is 0 Å². The number of carbonyl (C=O) groups excluding carboxylic acids is 1. The van der Waals surface area contributed by atoms with Gasteiger partial charge in [0.15, 0.2) is 0 Å². The minimum atomic E-state index is -0.0669. The highest BCUT2D eigenvalue weighted by molar-refractivity contribution is 5.71. The van der Waals surface area contributed by atoms with Crippen molar-refractivity contribution in [1.29, 1.82) is 0 Å². The van der Waals surface area contributed by atoms with E-state index < -0.39 is 0 Å². The van der Waals surface area contributed by atoms with E-state index in [4.69, 9.17) is 4.74 Å². The summed E-state index contributed by atoms with van der Waals surface area (Å²) in [5.41, 5.74) is 0.677. The van der Waals surface area contributed by atoms with Gasteiger partial charge in [0.1, 0.15) is 0 Å². The van der Waals surface area contributed by atoms with Gasteiger partial charge in [-0.25, -0.2) is 0 Å². The summed E-state index contributed by atoms with van der Waals surface area (Å²) < 4.78 is 5.40. The van der Waals surface area contributed by atoms with Gasteiger partial charge in [-0.1, -0.05) is 41.0 Å². The number of rotatable bonds is 9. The predicted molar refractivity (Wildman–Crippen MR) is 96.6 cm³/mol. The Hall–Kier alpha value is -0.610. The van der Waals surface area contributed by atoms with Crippen LogP contribution in [0.25, 0.3) is 0 Å². The van der Waals surface area contributed by atoms with Gasteiger partial charge in [0.25, 0.3) is 0 Å². The molecule has 136 valence electrons. The van der Waals surface area contributed by atoms with Crippen LogP contribution in [0.15, 0.2) is 0 Å². The molecule has 1 aliphatic rings. The lowest BCUT2D eigenvalue weighted by molar-refractivity contribution is -0.145. The van der Waals surface area contributed by atoms with Gasteiger partial charge < -0.3 is 9.64 Å². The molecule has 0 aromatic rings. The molecule has 23 heavy (non-hydrogen) atoms. The molecule has 0 aromatic heterocycles. The Morgan fingerprint density at radius 3 is 2.17 bits per heavy atom. The maximum atomic E-state index is 11.9. The molecule has 1 aliphatic heterocycles. The summed E-state index contributed by atoms with van der Waals surface area (Å²) in [6, 6.07) is 0. The van der Waals surface area contributed by atoms with Crippen molar-refractivity contribution in [2.45, 2.75) is 60.3 Å². The summed E-state index contributed by atoms with van der Waals surface area (Å²) in [6.07, 6.45) is 4.47. The van der Waals surface area contributed by atoms with Crippen LogP contribution in [0.4, 0.5) is 0 Å². The molecular formula is C19H38N2O2. The number of piperazine rings is 1. The topological polar surface area (TPSA) is 32.8 Å². The summed E-state index contributed by atoms with van der Waals surface area (Å²) in [5.74, 6) is -0.0669. The van der Waals surface area contributed by atoms with Crippen molar-refractivity contribution in [1.82, 2.24) is 9.80 Å². The lowest BCUT2D eigenvalue weighted by Crippen LogP contribution is -2.46. The molecule has 4 heteroatoms. The molecule has 0 unspecified atom stereocenters.